The minimum Gasteiger partial charge on any atom is -0.360 e. The van der Waals surface area contributed by atoms with Crippen molar-refractivity contribution in [2.45, 2.75) is 37.3 Å². The summed E-state index contributed by atoms with van der Waals surface area (Å²) in [7, 11) is 0. The molecule has 1 amide bonds. The minimum atomic E-state index is -1.65. The van der Waals surface area contributed by atoms with E-state index in [-0.39, 0.29) is 11.7 Å². The summed E-state index contributed by atoms with van der Waals surface area (Å²) < 4.78 is 1.84. The molecule has 4 aromatic carbocycles. The second-order valence-electron chi connectivity index (χ2n) is 13.6. The van der Waals surface area contributed by atoms with Crippen LogP contribution in [0.3, 0.4) is 0 Å². The van der Waals surface area contributed by atoms with E-state index in [9.17, 15) is 5.26 Å². The lowest BCUT2D eigenvalue weighted by Crippen LogP contribution is -2.53. The van der Waals surface area contributed by atoms with Gasteiger partial charge in [-0.1, -0.05) is 98.3 Å². The zero-order valence-corrected chi connectivity index (χ0v) is 29.0. The zero-order valence-electron chi connectivity index (χ0n) is 28.2. The third kappa shape index (κ3) is 4.33. The van der Waals surface area contributed by atoms with Gasteiger partial charge in [0.1, 0.15) is 11.0 Å². The molecule has 252 valence electrons. The summed E-state index contributed by atoms with van der Waals surface area (Å²) >= 11 is 1.68. The molecule has 1 unspecified atom stereocenters. The fraction of sp³-hybridized carbons (Fsp3) is 0.238. The number of nitriles is 1. The highest BCUT2D eigenvalue weighted by atomic mass is 32.2. The van der Waals surface area contributed by atoms with Gasteiger partial charge < -0.3 is 9.88 Å². The minimum absolute atomic E-state index is 0.0787. The van der Waals surface area contributed by atoms with Crippen molar-refractivity contribution in [3.63, 3.8) is 0 Å². The summed E-state index contributed by atoms with van der Waals surface area (Å²) in [6.45, 7) is 2.68. The predicted molar refractivity (Wildman–Crippen MR) is 201 cm³/mol. The molecular weight excluding hydrogens is 653 g/mol. The number of fused-ring (bicyclic) bond motifs is 5. The third-order valence-electron chi connectivity index (χ3n) is 11.2. The number of thioether (sulfide) groups is 1. The molecule has 51 heavy (non-hydrogen) atoms. The Morgan fingerprint density at radius 2 is 1.71 bits per heavy atom. The number of ketones is 1. The average molecular weight is 689 g/mol. The number of unbranched alkanes of at least 4 members (excludes halogenated alkanes) is 1. The third-order valence-corrected chi connectivity index (χ3v) is 12.2. The molecule has 9 heteroatoms. The number of Topliss-reactive ketones (excluding diaryl/α,β-unsaturated/α-hetero) is 1. The van der Waals surface area contributed by atoms with E-state index in [2.05, 4.69) is 22.9 Å². The average Bonchev–Trinajstić information content (AvgIpc) is 4.00. The van der Waals surface area contributed by atoms with E-state index in [0.29, 0.717) is 35.0 Å². The lowest BCUT2D eigenvalue weighted by molar-refractivity contribution is -0.129. The summed E-state index contributed by atoms with van der Waals surface area (Å²) in [5.41, 5.74) is 3.07. The van der Waals surface area contributed by atoms with Crippen LogP contribution in [-0.4, -0.2) is 55.6 Å². The highest BCUT2D eigenvalue weighted by Gasteiger charge is 2.77. The molecule has 0 bridgehead atoms. The van der Waals surface area contributed by atoms with Crippen molar-refractivity contribution in [2.75, 3.05) is 23.1 Å². The van der Waals surface area contributed by atoms with Crippen LogP contribution in [0.15, 0.2) is 122 Å². The first-order valence-electron chi connectivity index (χ1n) is 17.5. The van der Waals surface area contributed by atoms with Gasteiger partial charge in [0.25, 0.3) is 5.91 Å². The number of nitrogens with zero attached hydrogens (tertiary/aromatic N) is 5. The van der Waals surface area contributed by atoms with Gasteiger partial charge in [-0.05, 0) is 30.7 Å². The van der Waals surface area contributed by atoms with Gasteiger partial charge in [0.05, 0.1) is 17.5 Å². The Hall–Kier alpha value is -5.43. The van der Waals surface area contributed by atoms with Gasteiger partial charge >= 0.3 is 0 Å². The fourth-order valence-electron chi connectivity index (χ4n) is 8.97. The number of carbonyl (C=O) groups excluding carboxylic acids is 2. The van der Waals surface area contributed by atoms with Crippen LogP contribution in [0.5, 0.6) is 0 Å². The first kappa shape index (κ1) is 31.5. The predicted octanol–water partition coefficient (Wildman–Crippen LogP) is 7.93. The molecular formula is C42H36N6O2S. The summed E-state index contributed by atoms with van der Waals surface area (Å²) in [5, 5.41) is 17.8. The van der Waals surface area contributed by atoms with E-state index in [0.717, 1.165) is 46.2 Å². The molecule has 3 aliphatic rings. The van der Waals surface area contributed by atoms with Crippen LogP contribution in [0.4, 0.5) is 5.69 Å². The van der Waals surface area contributed by atoms with E-state index in [4.69, 9.17) is 5.10 Å². The molecule has 3 aliphatic heterocycles. The van der Waals surface area contributed by atoms with Crippen LogP contribution in [-0.2, 0) is 10.3 Å². The van der Waals surface area contributed by atoms with Crippen molar-refractivity contribution < 1.29 is 9.59 Å². The number of nitrogens with one attached hydrogen (secondary N) is 1. The molecule has 0 radical (unpaired) electrons. The lowest BCUT2D eigenvalue weighted by atomic mass is 9.60. The Labute approximate surface area is 300 Å². The van der Waals surface area contributed by atoms with Gasteiger partial charge in [-0.15, -0.1) is 11.8 Å². The van der Waals surface area contributed by atoms with E-state index >= 15 is 9.59 Å². The van der Waals surface area contributed by atoms with E-state index in [1.54, 1.807) is 18.0 Å². The number of hydrogen-bond donors (Lipinski definition) is 1. The lowest BCUT2D eigenvalue weighted by Gasteiger charge is -2.39. The maximum Gasteiger partial charge on any atom is 0.252 e. The SMILES string of the molecule is CCCCN1C(=O)[C@]2(c3ccccc31)[C@H](c1cn(-c3ccccc3)nc1-c1ccccc1)[C@@](C#N)(C(=O)c1c[nH]c3ccccc13)C1CSCN12. The second kappa shape index (κ2) is 12.1. The number of amides is 1. The first-order chi connectivity index (χ1) is 25.1. The van der Waals surface area contributed by atoms with Crippen molar-refractivity contribution >= 4 is 40.0 Å². The summed E-state index contributed by atoms with van der Waals surface area (Å²) in [6.07, 6.45) is 5.47. The number of carbonyl (C=O) groups is 2. The van der Waals surface area contributed by atoms with Crippen LogP contribution < -0.4 is 4.90 Å². The van der Waals surface area contributed by atoms with E-state index in [1.807, 2.05) is 125 Å². The van der Waals surface area contributed by atoms with Crippen LogP contribution in [0, 0.1) is 16.7 Å². The van der Waals surface area contributed by atoms with Crippen LogP contribution in [0.25, 0.3) is 27.8 Å². The van der Waals surface area contributed by atoms with Crippen molar-refractivity contribution in [1.82, 2.24) is 19.7 Å². The molecule has 8 nitrogen and oxygen atoms in total. The number of anilines is 1. The van der Waals surface area contributed by atoms with Crippen molar-refractivity contribution in [3.05, 3.63) is 138 Å². The largest absolute Gasteiger partial charge is 0.360 e. The maximum atomic E-state index is 15.7. The van der Waals surface area contributed by atoms with Crippen molar-refractivity contribution in [2.24, 2.45) is 5.41 Å². The number of aromatic nitrogens is 3. The highest BCUT2D eigenvalue weighted by molar-refractivity contribution is 7.99. The fourth-order valence-corrected chi connectivity index (χ4v) is 10.3. The molecule has 2 saturated heterocycles. The van der Waals surface area contributed by atoms with Gasteiger partial charge in [-0.25, -0.2) is 4.68 Å². The molecule has 5 heterocycles. The monoisotopic (exact) mass is 688 g/mol. The topological polar surface area (TPSA) is 98.0 Å². The van der Waals surface area contributed by atoms with Crippen LogP contribution in [0.2, 0.25) is 0 Å². The molecule has 1 N–H and O–H groups in total. The molecule has 0 aliphatic carbocycles. The molecule has 2 fully saturated rings. The number of hydrogen-bond acceptors (Lipinski definition) is 6. The van der Waals surface area contributed by atoms with Crippen molar-refractivity contribution in [1.29, 1.82) is 5.26 Å². The number of H-pyrrole nitrogens is 1. The van der Waals surface area contributed by atoms with Crippen molar-refractivity contribution in [3.8, 4) is 23.0 Å². The summed E-state index contributed by atoms with van der Waals surface area (Å²) in [6, 6.07) is 37.7. The molecule has 4 atom stereocenters. The Kier molecular flexibility index (Phi) is 7.49. The summed E-state index contributed by atoms with van der Waals surface area (Å²) in [4.78, 5) is 38.8. The quantitative estimate of drug-likeness (QED) is 0.163. The number of benzene rings is 4. The highest BCUT2D eigenvalue weighted by Crippen LogP contribution is 2.68. The Bertz CT molecular complexity index is 2350. The van der Waals surface area contributed by atoms with Gasteiger partial charge in [-0.3, -0.25) is 14.5 Å². The Balaban J connectivity index is 1.39. The van der Waals surface area contributed by atoms with Gasteiger partial charge in [0.2, 0.25) is 0 Å². The van der Waals surface area contributed by atoms with Crippen LogP contribution in [0.1, 0.15) is 47.2 Å². The molecule has 6 aromatic rings. The summed E-state index contributed by atoms with van der Waals surface area (Å²) in [5.74, 6) is -0.191. The van der Waals surface area contributed by atoms with Crippen LogP contribution >= 0.6 is 11.8 Å². The molecule has 2 aromatic heterocycles. The standard InChI is InChI=1S/C42H36N6O2S/c1-2-3-22-46-35-21-13-11-19-33(35)42(40(46)50)38(32-24-48(29-16-8-5-9-17-29)45-37(32)28-14-6-4-7-15-28)41(26-43,36-25-51-27-47(36)42)39(49)31-23-44-34-20-12-10-18-30(31)34/h4-21,23-24,36,38,44H,2-3,22,25,27H2,1H3/t36?,38-,41+,42+/m1/s1. The first-order valence-corrected chi connectivity index (χ1v) is 18.7. The Morgan fingerprint density at radius 1 is 0.980 bits per heavy atom. The van der Waals surface area contributed by atoms with Gasteiger partial charge in [-0.2, -0.15) is 10.4 Å². The second-order valence-corrected chi connectivity index (χ2v) is 14.6. The smallest absolute Gasteiger partial charge is 0.252 e. The Morgan fingerprint density at radius 3 is 2.49 bits per heavy atom. The number of para-hydroxylation sites is 3. The molecule has 0 saturated carbocycles. The number of rotatable bonds is 8. The molecule has 1 spiro atoms. The maximum absolute atomic E-state index is 15.7. The normalized spacial score (nSPS) is 23.9. The van der Waals surface area contributed by atoms with Gasteiger partial charge in [0.15, 0.2) is 5.78 Å². The van der Waals surface area contributed by atoms with E-state index < -0.39 is 22.9 Å². The number of aromatic amines is 1. The zero-order chi connectivity index (χ0) is 34.7. The van der Waals surface area contributed by atoms with Gasteiger partial charge in [0, 0.05) is 81.4 Å². The van der Waals surface area contributed by atoms with E-state index in [1.165, 1.54) is 0 Å². The molecule has 9 rings (SSSR count).